The van der Waals surface area contributed by atoms with Crippen molar-refractivity contribution >= 4 is 23.1 Å². The zero-order chi connectivity index (χ0) is 11.2. The van der Waals surface area contributed by atoms with Crippen molar-refractivity contribution in [3.8, 4) is 0 Å². The fraction of sp³-hybridized carbons (Fsp3) is 0.200. The molecule has 0 bridgehead atoms. The molecule has 1 N–H and O–H groups in total. The van der Waals surface area contributed by atoms with Gasteiger partial charge >= 0.3 is 0 Å². The number of rotatable bonds is 0. The summed E-state index contributed by atoms with van der Waals surface area (Å²) in [4.78, 5) is 14.6. The topological polar surface area (TPSA) is 37.8 Å². The third-order valence-electron chi connectivity index (χ3n) is 2.42. The SMILES string of the molecule is Cc1ccc(F)c2c(=O)n(C)c(=S)[nH]c12. The highest BCUT2D eigenvalue weighted by Crippen LogP contribution is 2.15. The Bertz CT molecular complexity index is 657. The molecule has 0 aliphatic rings. The number of fused-ring (bicyclic) bond motifs is 1. The molecule has 0 saturated carbocycles. The molecule has 0 spiro atoms. The summed E-state index contributed by atoms with van der Waals surface area (Å²) in [5.41, 5.74) is 0.869. The van der Waals surface area contributed by atoms with E-state index in [4.69, 9.17) is 12.2 Å². The van der Waals surface area contributed by atoms with E-state index >= 15 is 0 Å². The molecule has 1 aromatic heterocycles. The summed E-state index contributed by atoms with van der Waals surface area (Å²) in [6.07, 6.45) is 0. The van der Waals surface area contributed by atoms with Crippen LogP contribution in [0.25, 0.3) is 10.9 Å². The minimum Gasteiger partial charge on any atom is -0.331 e. The Morgan fingerprint density at radius 1 is 1.47 bits per heavy atom. The average Bonchev–Trinajstić information content (AvgIpc) is 2.20. The molecule has 78 valence electrons. The van der Waals surface area contributed by atoms with Gasteiger partial charge in [-0.2, -0.15) is 0 Å². The highest BCUT2D eigenvalue weighted by Gasteiger charge is 2.09. The Morgan fingerprint density at radius 3 is 2.80 bits per heavy atom. The van der Waals surface area contributed by atoms with Gasteiger partial charge in [0.2, 0.25) is 0 Å². The molecule has 3 nitrogen and oxygen atoms in total. The molecule has 0 atom stereocenters. The summed E-state index contributed by atoms with van der Waals surface area (Å²) in [7, 11) is 1.52. The second-order valence-electron chi connectivity index (χ2n) is 3.41. The average molecular weight is 224 g/mol. The van der Waals surface area contributed by atoms with E-state index in [-0.39, 0.29) is 5.39 Å². The predicted octanol–water partition coefficient (Wildman–Crippen LogP) is 2.04. The molecular weight excluding hydrogens is 215 g/mol. The molecule has 2 rings (SSSR count). The van der Waals surface area contributed by atoms with E-state index in [0.717, 1.165) is 5.56 Å². The predicted molar refractivity (Wildman–Crippen MR) is 59.1 cm³/mol. The first-order chi connectivity index (χ1) is 7.02. The summed E-state index contributed by atoms with van der Waals surface area (Å²) >= 11 is 4.96. The Hall–Kier alpha value is -1.49. The third kappa shape index (κ3) is 1.39. The van der Waals surface area contributed by atoms with Crippen molar-refractivity contribution in [3.05, 3.63) is 38.6 Å². The van der Waals surface area contributed by atoms with Gasteiger partial charge in [-0.25, -0.2) is 4.39 Å². The van der Waals surface area contributed by atoms with Gasteiger partial charge in [0.15, 0.2) is 4.77 Å². The molecule has 1 heterocycles. The number of aromatic amines is 1. The number of hydrogen-bond acceptors (Lipinski definition) is 2. The maximum atomic E-state index is 13.5. The van der Waals surface area contributed by atoms with Crippen molar-refractivity contribution in [2.45, 2.75) is 6.92 Å². The Balaban J connectivity index is 3.19. The second kappa shape index (κ2) is 3.27. The van der Waals surface area contributed by atoms with Crippen LogP contribution in [0.3, 0.4) is 0 Å². The minimum absolute atomic E-state index is 0.0612. The third-order valence-corrected chi connectivity index (χ3v) is 2.79. The molecule has 0 unspecified atom stereocenters. The van der Waals surface area contributed by atoms with E-state index in [1.54, 1.807) is 13.0 Å². The van der Waals surface area contributed by atoms with Crippen molar-refractivity contribution in [3.63, 3.8) is 0 Å². The van der Waals surface area contributed by atoms with Gasteiger partial charge in [0.1, 0.15) is 5.82 Å². The van der Waals surface area contributed by atoms with Crippen LogP contribution in [0, 0.1) is 17.5 Å². The number of nitrogens with one attached hydrogen (secondary N) is 1. The van der Waals surface area contributed by atoms with Crippen LogP contribution >= 0.6 is 12.2 Å². The van der Waals surface area contributed by atoms with Crippen molar-refractivity contribution in [2.24, 2.45) is 7.05 Å². The number of hydrogen-bond donors (Lipinski definition) is 1. The molecule has 0 aliphatic heterocycles. The van der Waals surface area contributed by atoms with Gasteiger partial charge in [-0.05, 0) is 30.8 Å². The van der Waals surface area contributed by atoms with Crippen LogP contribution in [0.2, 0.25) is 0 Å². The van der Waals surface area contributed by atoms with Gasteiger partial charge in [-0.15, -0.1) is 0 Å². The molecule has 0 amide bonds. The molecule has 1 aromatic carbocycles. The first-order valence-electron chi connectivity index (χ1n) is 4.40. The van der Waals surface area contributed by atoms with Gasteiger partial charge in [0, 0.05) is 7.05 Å². The number of nitrogens with zero attached hydrogens (tertiary/aromatic N) is 1. The van der Waals surface area contributed by atoms with Crippen LogP contribution in [-0.4, -0.2) is 9.55 Å². The number of H-pyrrole nitrogens is 1. The summed E-state index contributed by atoms with van der Waals surface area (Å²) in [5, 5.41) is 0.0612. The number of aromatic nitrogens is 2. The molecule has 0 radical (unpaired) electrons. The summed E-state index contributed by atoms with van der Waals surface area (Å²) in [6, 6.07) is 2.90. The van der Waals surface area contributed by atoms with Crippen LogP contribution in [0.4, 0.5) is 4.39 Å². The van der Waals surface area contributed by atoms with Gasteiger partial charge in [-0.1, -0.05) is 6.07 Å². The highest BCUT2D eigenvalue weighted by molar-refractivity contribution is 7.71. The van der Waals surface area contributed by atoms with Crippen molar-refractivity contribution < 1.29 is 4.39 Å². The van der Waals surface area contributed by atoms with Crippen LogP contribution in [-0.2, 0) is 7.05 Å². The monoisotopic (exact) mass is 224 g/mol. The molecule has 15 heavy (non-hydrogen) atoms. The van der Waals surface area contributed by atoms with Crippen molar-refractivity contribution in [1.82, 2.24) is 9.55 Å². The lowest BCUT2D eigenvalue weighted by Gasteiger charge is -2.05. The van der Waals surface area contributed by atoms with Gasteiger partial charge in [-0.3, -0.25) is 9.36 Å². The normalized spacial score (nSPS) is 10.9. The first kappa shape index (κ1) is 10.0. The Labute approximate surface area is 90.2 Å². The molecule has 0 fully saturated rings. The van der Waals surface area contributed by atoms with Crippen molar-refractivity contribution in [2.75, 3.05) is 0 Å². The largest absolute Gasteiger partial charge is 0.331 e. The number of halogens is 1. The second-order valence-corrected chi connectivity index (χ2v) is 3.80. The fourth-order valence-electron chi connectivity index (χ4n) is 1.50. The van der Waals surface area contributed by atoms with E-state index in [9.17, 15) is 9.18 Å². The maximum Gasteiger partial charge on any atom is 0.264 e. The van der Waals surface area contributed by atoms with E-state index in [2.05, 4.69) is 4.98 Å². The Morgan fingerprint density at radius 2 is 2.13 bits per heavy atom. The number of benzene rings is 1. The van der Waals surface area contributed by atoms with E-state index < -0.39 is 11.4 Å². The van der Waals surface area contributed by atoms with Crippen LogP contribution in [0.15, 0.2) is 16.9 Å². The first-order valence-corrected chi connectivity index (χ1v) is 4.81. The standard InChI is InChI=1S/C10H9FN2OS/c1-5-3-4-6(11)7-8(5)12-10(15)13(2)9(7)14/h3-4H,1-2H3,(H,12,15). The molecular formula is C10H9FN2OS. The molecule has 0 saturated heterocycles. The lowest BCUT2D eigenvalue weighted by molar-refractivity contribution is 0.635. The minimum atomic E-state index is -0.526. The van der Waals surface area contributed by atoms with Crippen LogP contribution < -0.4 is 5.56 Å². The van der Waals surface area contributed by atoms with Crippen molar-refractivity contribution in [1.29, 1.82) is 0 Å². The van der Waals surface area contributed by atoms with E-state index in [1.165, 1.54) is 17.7 Å². The Kier molecular flexibility index (Phi) is 2.19. The van der Waals surface area contributed by atoms with Gasteiger partial charge in [0.25, 0.3) is 5.56 Å². The van der Waals surface area contributed by atoms with Crippen LogP contribution in [0.5, 0.6) is 0 Å². The van der Waals surface area contributed by atoms with Gasteiger partial charge in [0.05, 0.1) is 10.9 Å². The molecule has 5 heteroatoms. The lowest BCUT2D eigenvalue weighted by Crippen LogP contribution is -2.20. The molecule has 0 aliphatic carbocycles. The fourth-order valence-corrected chi connectivity index (χ4v) is 1.69. The quantitative estimate of drug-likeness (QED) is 0.695. The summed E-state index contributed by atoms with van der Waals surface area (Å²) in [6.45, 7) is 1.80. The highest BCUT2D eigenvalue weighted by atomic mass is 32.1. The summed E-state index contributed by atoms with van der Waals surface area (Å²) < 4.78 is 15.0. The number of aryl methyl sites for hydroxylation is 1. The molecule has 2 aromatic rings. The maximum absolute atomic E-state index is 13.5. The zero-order valence-corrected chi connectivity index (χ0v) is 9.11. The summed E-state index contributed by atoms with van der Waals surface area (Å²) in [5.74, 6) is -0.526. The van der Waals surface area contributed by atoms with E-state index in [1.807, 2.05) is 0 Å². The zero-order valence-electron chi connectivity index (χ0n) is 8.30. The van der Waals surface area contributed by atoms with Crippen LogP contribution in [0.1, 0.15) is 5.56 Å². The smallest absolute Gasteiger partial charge is 0.264 e. The van der Waals surface area contributed by atoms with Gasteiger partial charge < -0.3 is 4.98 Å². The lowest BCUT2D eigenvalue weighted by atomic mass is 10.1. The van der Waals surface area contributed by atoms with E-state index in [0.29, 0.717) is 10.3 Å².